The van der Waals surface area contributed by atoms with Crippen LogP contribution in [-0.2, 0) is 0 Å². The second-order valence-electron chi connectivity index (χ2n) is 5.93. The lowest BCUT2D eigenvalue weighted by Crippen LogP contribution is -2.09. The minimum atomic E-state index is 0.0914. The summed E-state index contributed by atoms with van der Waals surface area (Å²) in [6.07, 6.45) is 2.02. The molecule has 0 aliphatic carbocycles. The molecule has 1 atom stereocenters. The molecule has 0 radical (unpaired) electrons. The fourth-order valence-electron chi connectivity index (χ4n) is 2.49. The van der Waals surface area contributed by atoms with E-state index in [-0.39, 0.29) is 6.04 Å². The molecule has 0 heterocycles. The van der Waals surface area contributed by atoms with Crippen LogP contribution in [0.3, 0.4) is 0 Å². The first kappa shape index (κ1) is 19.3. The molecule has 0 aliphatic rings. The number of thioether (sulfide) groups is 1. The van der Waals surface area contributed by atoms with E-state index in [0.29, 0.717) is 5.02 Å². The molecular formula is C22H21ClN2OS. The van der Waals surface area contributed by atoms with Crippen LogP contribution in [0.2, 0.25) is 5.02 Å². The number of aliphatic imine (C=N–C) groups is 1. The molecule has 0 aliphatic heterocycles. The first-order valence-corrected chi connectivity index (χ1v) is 10.2. The van der Waals surface area contributed by atoms with Crippen LogP contribution in [0.25, 0.3) is 0 Å². The Bertz CT molecular complexity index is 880. The van der Waals surface area contributed by atoms with Crippen molar-refractivity contribution in [2.24, 2.45) is 4.99 Å². The third-order valence-electron chi connectivity index (χ3n) is 3.94. The summed E-state index contributed by atoms with van der Waals surface area (Å²) in [4.78, 5) is 4.78. The smallest absolute Gasteiger partial charge is 0.161 e. The zero-order valence-electron chi connectivity index (χ0n) is 15.2. The summed E-state index contributed by atoms with van der Waals surface area (Å²) in [6.45, 7) is 2.09. The highest BCUT2D eigenvalue weighted by molar-refractivity contribution is 8.13. The van der Waals surface area contributed by atoms with Crippen molar-refractivity contribution in [3.8, 4) is 11.5 Å². The number of ether oxygens (including phenoxy) is 1. The first-order chi connectivity index (χ1) is 13.1. The van der Waals surface area contributed by atoms with Gasteiger partial charge in [-0.3, -0.25) is 4.99 Å². The number of hydrogen-bond donors (Lipinski definition) is 1. The van der Waals surface area contributed by atoms with Crippen molar-refractivity contribution >= 4 is 34.2 Å². The van der Waals surface area contributed by atoms with E-state index in [2.05, 4.69) is 24.4 Å². The molecule has 0 saturated carbocycles. The number of nitrogens with zero attached hydrogens (tertiary/aromatic N) is 1. The van der Waals surface area contributed by atoms with Gasteiger partial charge in [-0.1, -0.05) is 53.7 Å². The molecule has 3 rings (SSSR count). The number of nitrogens with one attached hydrogen (secondary N) is 1. The molecule has 1 N–H and O–H groups in total. The highest BCUT2D eigenvalue weighted by Crippen LogP contribution is 2.25. The number of benzene rings is 3. The quantitative estimate of drug-likeness (QED) is 0.371. The van der Waals surface area contributed by atoms with Crippen LogP contribution < -0.4 is 10.1 Å². The number of amidine groups is 1. The maximum atomic E-state index is 5.90. The van der Waals surface area contributed by atoms with Crippen molar-refractivity contribution in [1.82, 2.24) is 0 Å². The molecule has 0 aromatic heterocycles. The van der Waals surface area contributed by atoms with E-state index in [9.17, 15) is 0 Å². The lowest BCUT2D eigenvalue weighted by molar-refractivity contribution is 0.483. The van der Waals surface area contributed by atoms with Crippen molar-refractivity contribution in [3.63, 3.8) is 0 Å². The van der Waals surface area contributed by atoms with Gasteiger partial charge in [0.15, 0.2) is 5.17 Å². The summed E-state index contributed by atoms with van der Waals surface area (Å²) in [7, 11) is 0. The van der Waals surface area contributed by atoms with Crippen molar-refractivity contribution in [1.29, 1.82) is 0 Å². The third kappa shape index (κ3) is 5.78. The van der Waals surface area contributed by atoms with E-state index in [4.69, 9.17) is 21.3 Å². The standard InChI is InChI=1S/C22H21ClN2OS/c1-16(17-6-4-3-5-7-17)24-22(27-2)25-19-10-14-21(15-11-19)26-20-12-8-18(23)9-13-20/h3-16H,1-2H3,(H,24,25). The Morgan fingerprint density at radius 2 is 1.52 bits per heavy atom. The lowest BCUT2D eigenvalue weighted by Gasteiger charge is -2.12. The molecule has 1 unspecified atom stereocenters. The zero-order valence-corrected chi connectivity index (χ0v) is 16.8. The Labute approximate surface area is 169 Å². The summed E-state index contributed by atoms with van der Waals surface area (Å²) in [6, 6.07) is 25.5. The Hall–Kier alpha value is -2.43. The van der Waals surface area contributed by atoms with Gasteiger partial charge in [-0.2, -0.15) is 0 Å². The number of halogens is 1. The SMILES string of the molecule is CSC(=NC(C)c1ccccc1)Nc1ccc(Oc2ccc(Cl)cc2)cc1. The zero-order chi connectivity index (χ0) is 19.1. The molecule has 0 amide bonds. The summed E-state index contributed by atoms with van der Waals surface area (Å²) < 4.78 is 5.82. The Morgan fingerprint density at radius 1 is 0.926 bits per heavy atom. The van der Waals surface area contributed by atoms with E-state index in [0.717, 1.165) is 22.4 Å². The fraction of sp³-hybridized carbons (Fsp3) is 0.136. The highest BCUT2D eigenvalue weighted by atomic mass is 35.5. The van der Waals surface area contributed by atoms with Gasteiger partial charge >= 0.3 is 0 Å². The maximum Gasteiger partial charge on any atom is 0.161 e. The molecule has 138 valence electrons. The minimum Gasteiger partial charge on any atom is -0.457 e. The van der Waals surface area contributed by atoms with Gasteiger partial charge in [0.2, 0.25) is 0 Å². The summed E-state index contributed by atoms with van der Waals surface area (Å²) >= 11 is 7.49. The normalized spacial score (nSPS) is 12.5. The van der Waals surface area contributed by atoms with Gasteiger partial charge in [-0.25, -0.2) is 0 Å². The van der Waals surface area contributed by atoms with Crippen molar-refractivity contribution in [3.05, 3.63) is 89.4 Å². The third-order valence-corrected chi connectivity index (χ3v) is 4.79. The van der Waals surface area contributed by atoms with Crippen LogP contribution in [0.5, 0.6) is 11.5 Å². The summed E-state index contributed by atoms with van der Waals surface area (Å²) in [5.41, 5.74) is 2.16. The fourth-order valence-corrected chi connectivity index (χ4v) is 3.10. The molecule has 3 aromatic carbocycles. The van der Waals surface area contributed by atoms with Crippen molar-refractivity contribution in [2.45, 2.75) is 13.0 Å². The molecule has 3 nitrogen and oxygen atoms in total. The van der Waals surface area contributed by atoms with Crippen molar-refractivity contribution in [2.75, 3.05) is 11.6 Å². The average molecular weight is 397 g/mol. The molecule has 3 aromatic rings. The van der Waals surface area contributed by atoms with E-state index in [1.807, 2.05) is 73.0 Å². The van der Waals surface area contributed by atoms with Gasteiger partial charge in [-0.05, 0) is 67.3 Å². The van der Waals surface area contributed by atoms with E-state index >= 15 is 0 Å². The van der Waals surface area contributed by atoms with Crippen LogP contribution in [0.4, 0.5) is 5.69 Å². The second-order valence-corrected chi connectivity index (χ2v) is 7.16. The molecule has 27 heavy (non-hydrogen) atoms. The van der Waals surface area contributed by atoms with Gasteiger partial charge in [0.1, 0.15) is 11.5 Å². The monoisotopic (exact) mass is 396 g/mol. The number of rotatable bonds is 5. The first-order valence-electron chi connectivity index (χ1n) is 8.61. The number of hydrogen-bond acceptors (Lipinski definition) is 3. The van der Waals surface area contributed by atoms with Gasteiger partial charge in [0.05, 0.1) is 6.04 Å². The summed E-state index contributed by atoms with van der Waals surface area (Å²) in [5, 5.41) is 4.93. The predicted octanol–water partition coefficient (Wildman–Crippen LogP) is 7.02. The van der Waals surface area contributed by atoms with Crippen LogP contribution >= 0.6 is 23.4 Å². The summed E-state index contributed by atoms with van der Waals surface area (Å²) in [5.74, 6) is 1.52. The van der Waals surface area contributed by atoms with Gasteiger partial charge in [-0.15, -0.1) is 0 Å². The van der Waals surface area contributed by atoms with E-state index in [1.54, 1.807) is 11.8 Å². The molecule has 0 fully saturated rings. The maximum absolute atomic E-state index is 5.90. The lowest BCUT2D eigenvalue weighted by atomic mass is 10.1. The second kappa shape index (κ2) is 9.49. The van der Waals surface area contributed by atoms with Crippen LogP contribution in [0.1, 0.15) is 18.5 Å². The van der Waals surface area contributed by atoms with Gasteiger partial charge in [0, 0.05) is 10.7 Å². The topological polar surface area (TPSA) is 33.6 Å². The largest absolute Gasteiger partial charge is 0.457 e. The van der Waals surface area contributed by atoms with Crippen LogP contribution in [-0.4, -0.2) is 11.4 Å². The van der Waals surface area contributed by atoms with Gasteiger partial charge < -0.3 is 10.1 Å². The van der Waals surface area contributed by atoms with Gasteiger partial charge in [0.25, 0.3) is 0 Å². The molecule has 0 bridgehead atoms. The minimum absolute atomic E-state index is 0.0914. The predicted molar refractivity (Wildman–Crippen MR) is 117 cm³/mol. The number of anilines is 1. The Balaban J connectivity index is 1.65. The molecule has 0 spiro atoms. The van der Waals surface area contributed by atoms with E-state index < -0.39 is 0 Å². The highest BCUT2D eigenvalue weighted by Gasteiger charge is 2.06. The Kier molecular flexibility index (Phi) is 6.80. The molecule has 5 heteroatoms. The van der Waals surface area contributed by atoms with Crippen molar-refractivity contribution < 1.29 is 4.74 Å². The van der Waals surface area contributed by atoms with E-state index in [1.165, 1.54) is 5.56 Å². The molecule has 0 saturated heterocycles. The van der Waals surface area contributed by atoms with Crippen LogP contribution in [0.15, 0.2) is 83.9 Å². The van der Waals surface area contributed by atoms with Crippen LogP contribution in [0, 0.1) is 0 Å². The molecular weight excluding hydrogens is 376 g/mol. The average Bonchev–Trinajstić information content (AvgIpc) is 2.71. The Morgan fingerprint density at radius 3 is 2.11 bits per heavy atom.